The first-order valence-electron chi connectivity index (χ1n) is 11.5. The smallest absolute Gasteiger partial charge is 0.261 e. The van der Waals surface area contributed by atoms with E-state index < -0.39 is 0 Å². The Bertz CT molecular complexity index is 1320. The summed E-state index contributed by atoms with van der Waals surface area (Å²) in [6.07, 6.45) is 2.74. The Morgan fingerprint density at radius 3 is 2.35 bits per heavy atom. The van der Waals surface area contributed by atoms with Gasteiger partial charge >= 0.3 is 0 Å². The third kappa shape index (κ3) is 5.33. The quantitative estimate of drug-likeness (QED) is 0.230. The lowest BCUT2D eigenvalue weighted by molar-refractivity contribution is 0.300. The van der Waals surface area contributed by atoms with Gasteiger partial charge in [-0.25, -0.2) is 4.98 Å². The average molecular weight is 521 g/mol. The number of aryl methyl sites for hydroxylation is 2. The molecule has 1 aromatic heterocycles. The first kappa shape index (κ1) is 24.0. The fraction of sp³-hybridized carbons (Fsp3) is 0.286. The topological polar surface area (TPSA) is 53.3 Å². The molecular weight excluding hydrogens is 492 g/mol. The van der Waals surface area contributed by atoms with Crippen molar-refractivity contribution in [2.45, 2.75) is 39.7 Å². The Kier molecular flexibility index (Phi) is 7.68. The molecule has 0 unspecified atom stereocenters. The van der Waals surface area contributed by atoms with Gasteiger partial charge in [-0.05, 0) is 92.8 Å². The van der Waals surface area contributed by atoms with Gasteiger partial charge in [-0.15, -0.1) is 0 Å². The van der Waals surface area contributed by atoms with Gasteiger partial charge in [0, 0.05) is 16.6 Å². The summed E-state index contributed by atoms with van der Waals surface area (Å²) in [5, 5.41) is 0.643. The monoisotopic (exact) mass is 520 g/mol. The number of nitrogens with zero attached hydrogens (tertiary/aromatic N) is 2. The van der Waals surface area contributed by atoms with Gasteiger partial charge in [-0.1, -0.05) is 28.1 Å². The number of para-hydroxylation sites is 1. The van der Waals surface area contributed by atoms with Crippen molar-refractivity contribution >= 4 is 26.8 Å². The fourth-order valence-electron chi connectivity index (χ4n) is 4.18. The summed E-state index contributed by atoms with van der Waals surface area (Å²) in [6.45, 7) is 5.38. The molecule has 34 heavy (non-hydrogen) atoms. The highest BCUT2D eigenvalue weighted by Crippen LogP contribution is 2.27. The summed E-state index contributed by atoms with van der Waals surface area (Å²) >= 11 is 3.53. The number of hydrogen-bond donors (Lipinski definition) is 0. The van der Waals surface area contributed by atoms with E-state index >= 15 is 0 Å². The van der Waals surface area contributed by atoms with Crippen molar-refractivity contribution in [1.82, 2.24) is 9.55 Å². The van der Waals surface area contributed by atoms with Crippen LogP contribution in [-0.4, -0.2) is 23.3 Å². The second-order valence-electron chi connectivity index (χ2n) is 8.42. The predicted octanol–water partition coefficient (Wildman–Crippen LogP) is 6.70. The van der Waals surface area contributed by atoms with Crippen molar-refractivity contribution < 1.29 is 9.47 Å². The Labute approximate surface area is 208 Å². The molecule has 0 aliphatic heterocycles. The summed E-state index contributed by atoms with van der Waals surface area (Å²) in [7, 11) is 1.64. The summed E-state index contributed by atoms with van der Waals surface area (Å²) < 4.78 is 14.2. The zero-order chi connectivity index (χ0) is 24.1. The molecule has 0 atom stereocenters. The minimum atomic E-state index is -0.00576. The van der Waals surface area contributed by atoms with E-state index in [0.717, 1.165) is 51.9 Å². The maximum atomic E-state index is 13.3. The van der Waals surface area contributed by atoms with Crippen LogP contribution in [0.3, 0.4) is 0 Å². The summed E-state index contributed by atoms with van der Waals surface area (Å²) in [5.41, 5.74) is 3.86. The van der Waals surface area contributed by atoms with E-state index in [1.807, 2.05) is 48.5 Å². The van der Waals surface area contributed by atoms with Gasteiger partial charge in [-0.3, -0.25) is 9.36 Å². The third-order valence-electron chi connectivity index (χ3n) is 5.91. The Morgan fingerprint density at radius 1 is 0.941 bits per heavy atom. The molecule has 0 N–H and O–H groups in total. The fourth-order valence-corrected chi connectivity index (χ4v) is 4.87. The van der Waals surface area contributed by atoms with E-state index in [9.17, 15) is 4.79 Å². The molecule has 0 fully saturated rings. The van der Waals surface area contributed by atoms with Crippen molar-refractivity contribution in [2.75, 3.05) is 13.7 Å². The molecule has 1 heterocycles. The maximum Gasteiger partial charge on any atom is 0.261 e. The van der Waals surface area contributed by atoms with E-state index in [-0.39, 0.29) is 5.56 Å². The van der Waals surface area contributed by atoms with Crippen molar-refractivity contribution in [3.05, 3.63) is 86.6 Å². The molecule has 176 valence electrons. The number of fused-ring (bicyclic) bond motifs is 1. The predicted molar refractivity (Wildman–Crippen MR) is 141 cm³/mol. The van der Waals surface area contributed by atoms with E-state index in [0.29, 0.717) is 29.9 Å². The van der Waals surface area contributed by atoms with Crippen LogP contribution in [0.4, 0.5) is 0 Å². The molecule has 0 saturated carbocycles. The third-order valence-corrected chi connectivity index (χ3v) is 6.37. The molecule has 0 saturated heterocycles. The molecule has 6 heteroatoms. The molecule has 0 amide bonds. The van der Waals surface area contributed by atoms with E-state index in [1.54, 1.807) is 11.7 Å². The van der Waals surface area contributed by atoms with E-state index in [2.05, 4.69) is 41.9 Å². The average Bonchev–Trinajstić information content (AvgIpc) is 2.83. The van der Waals surface area contributed by atoms with Crippen molar-refractivity contribution in [2.24, 2.45) is 0 Å². The molecule has 0 spiro atoms. The van der Waals surface area contributed by atoms with Crippen molar-refractivity contribution in [3.8, 4) is 22.9 Å². The summed E-state index contributed by atoms with van der Waals surface area (Å²) in [6, 6.07) is 19.3. The summed E-state index contributed by atoms with van der Waals surface area (Å²) in [4.78, 5) is 18.2. The molecule has 0 aliphatic carbocycles. The summed E-state index contributed by atoms with van der Waals surface area (Å²) in [5.74, 6) is 2.42. The number of methoxy groups -OCH3 is 1. The van der Waals surface area contributed by atoms with Gasteiger partial charge in [0.15, 0.2) is 0 Å². The van der Waals surface area contributed by atoms with Gasteiger partial charge in [-0.2, -0.15) is 0 Å². The molecule has 0 aliphatic rings. The van der Waals surface area contributed by atoms with Crippen LogP contribution in [0, 0.1) is 13.8 Å². The van der Waals surface area contributed by atoms with Gasteiger partial charge in [0.2, 0.25) is 0 Å². The normalized spacial score (nSPS) is 11.1. The Hall–Kier alpha value is -3.12. The highest BCUT2D eigenvalue weighted by molar-refractivity contribution is 9.10. The van der Waals surface area contributed by atoms with Crippen LogP contribution >= 0.6 is 15.9 Å². The van der Waals surface area contributed by atoms with Gasteiger partial charge in [0.05, 0.1) is 24.6 Å². The molecular formula is C28H29BrN2O3. The van der Waals surface area contributed by atoms with Crippen LogP contribution in [-0.2, 0) is 6.54 Å². The SMILES string of the molecule is COc1ccc(-c2nc3ccccc3c(=O)n2CCCCCOc2c(C)cc(Br)cc2C)cc1. The molecule has 0 radical (unpaired) electrons. The van der Waals surface area contributed by atoms with Crippen molar-refractivity contribution in [3.63, 3.8) is 0 Å². The maximum absolute atomic E-state index is 13.3. The first-order valence-corrected chi connectivity index (χ1v) is 12.3. The number of aromatic nitrogens is 2. The van der Waals surface area contributed by atoms with Crippen LogP contribution in [0.2, 0.25) is 0 Å². The van der Waals surface area contributed by atoms with Crippen LogP contribution in [0.5, 0.6) is 11.5 Å². The minimum absolute atomic E-state index is 0.00576. The largest absolute Gasteiger partial charge is 0.497 e. The van der Waals surface area contributed by atoms with E-state index in [1.165, 1.54) is 0 Å². The van der Waals surface area contributed by atoms with Crippen LogP contribution in [0.25, 0.3) is 22.3 Å². The first-order chi connectivity index (χ1) is 16.5. The van der Waals surface area contributed by atoms with Crippen LogP contribution in [0.1, 0.15) is 30.4 Å². The van der Waals surface area contributed by atoms with Gasteiger partial charge in [0.1, 0.15) is 17.3 Å². The lowest BCUT2D eigenvalue weighted by Crippen LogP contribution is -2.23. The van der Waals surface area contributed by atoms with Crippen LogP contribution < -0.4 is 15.0 Å². The lowest BCUT2D eigenvalue weighted by Gasteiger charge is -2.15. The lowest BCUT2D eigenvalue weighted by atomic mass is 10.1. The van der Waals surface area contributed by atoms with Crippen LogP contribution in [0.15, 0.2) is 69.9 Å². The number of benzene rings is 3. The highest BCUT2D eigenvalue weighted by atomic mass is 79.9. The van der Waals surface area contributed by atoms with Gasteiger partial charge < -0.3 is 9.47 Å². The number of hydrogen-bond acceptors (Lipinski definition) is 4. The molecule has 3 aromatic carbocycles. The molecule has 4 aromatic rings. The Morgan fingerprint density at radius 2 is 1.65 bits per heavy atom. The second-order valence-corrected chi connectivity index (χ2v) is 9.33. The number of rotatable bonds is 9. The van der Waals surface area contributed by atoms with Crippen molar-refractivity contribution in [1.29, 1.82) is 0 Å². The minimum Gasteiger partial charge on any atom is -0.497 e. The number of unbranched alkanes of at least 4 members (excludes halogenated alkanes) is 2. The molecule has 4 rings (SSSR count). The molecule has 0 bridgehead atoms. The van der Waals surface area contributed by atoms with Gasteiger partial charge in [0.25, 0.3) is 5.56 Å². The highest BCUT2D eigenvalue weighted by Gasteiger charge is 2.13. The molecule has 5 nitrogen and oxygen atoms in total. The zero-order valence-electron chi connectivity index (χ0n) is 19.8. The zero-order valence-corrected chi connectivity index (χ0v) is 21.4. The second kappa shape index (κ2) is 10.9. The number of ether oxygens (including phenoxy) is 2. The number of halogens is 1. The Balaban J connectivity index is 1.47. The standard InChI is InChI=1S/C28H29BrN2O3/c1-19-17-22(29)18-20(2)26(19)34-16-8-4-7-15-31-27(21-11-13-23(33-3)14-12-21)30-25-10-6-5-9-24(25)28(31)32/h5-6,9-14,17-18H,4,7-8,15-16H2,1-3H3. The van der Waals surface area contributed by atoms with E-state index in [4.69, 9.17) is 14.5 Å².